The molecule has 2 aromatic rings. The third-order valence-electron chi connectivity index (χ3n) is 2.47. The third kappa shape index (κ3) is 2.91. The predicted molar refractivity (Wildman–Crippen MR) is 71.3 cm³/mol. The number of hydrogen-bond acceptors (Lipinski definition) is 7. The second-order valence-electron chi connectivity index (χ2n) is 3.69. The van der Waals surface area contributed by atoms with E-state index in [1.807, 2.05) is 0 Å². The van der Waals surface area contributed by atoms with Gasteiger partial charge in [-0.1, -0.05) is 0 Å². The number of nitrogens with one attached hydrogen (secondary N) is 1. The van der Waals surface area contributed by atoms with Crippen LogP contribution in [0.4, 0.5) is 11.5 Å². The molecule has 104 valence electrons. The minimum Gasteiger partial charge on any atom is -0.493 e. The summed E-state index contributed by atoms with van der Waals surface area (Å²) >= 11 is 0. The molecule has 0 atom stereocenters. The summed E-state index contributed by atoms with van der Waals surface area (Å²) in [6.45, 7) is 0. The Morgan fingerprint density at radius 2 is 2.05 bits per heavy atom. The number of ether oxygens (including phenoxy) is 2. The minimum atomic E-state index is -0.509. The van der Waals surface area contributed by atoms with Gasteiger partial charge in [0.15, 0.2) is 11.5 Å². The fourth-order valence-electron chi connectivity index (χ4n) is 1.50. The van der Waals surface area contributed by atoms with Gasteiger partial charge in [0.2, 0.25) is 5.88 Å². The zero-order valence-electron chi connectivity index (χ0n) is 10.9. The van der Waals surface area contributed by atoms with E-state index in [-0.39, 0.29) is 17.3 Å². The molecule has 1 aromatic heterocycles. The lowest BCUT2D eigenvalue weighted by molar-refractivity contribution is -0.384. The van der Waals surface area contributed by atoms with E-state index in [1.165, 1.54) is 31.6 Å². The van der Waals surface area contributed by atoms with Gasteiger partial charge in [-0.2, -0.15) is 0 Å². The zero-order valence-corrected chi connectivity index (χ0v) is 10.9. The average Bonchev–Trinajstić information content (AvgIpc) is 2.47. The minimum absolute atomic E-state index is 0.0938. The van der Waals surface area contributed by atoms with Crippen LogP contribution in [0.15, 0.2) is 30.6 Å². The van der Waals surface area contributed by atoms with Gasteiger partial charge in [-0.25, -0.2) is 9.97 Å². The summed E-state index contributed by atoms with van der Waals surface area (Å²) in [7, 11) is 3.16. The van der Waals surface area contributed by atoms with Gasteiger partial charge in [0, 0.05) is 19.2 Å². The highest BCUT2D eigenvalue weighted by Gasteiger charge is 2.14. The van der Waals surface area contributed by atoms with E-state index in [9.17, 15) is 10.1 Å². The molecule has 0 saturated carbocycles. The molecule has 20 heavy (non-hydrogen) atoms. The van der Waals surface area contributed by atoms with Crippen molar-refractivity contribution >= 4 is 11.5 Å². The van der Waals surface area contributed by atoms with Crippen LogP contribution in [-0.2, 0) is 0 Å². The Kier molecular flexibility index (Phi) is 3.94. The molecule has 0 aliphatic rings. The summed E-state index contributed by atoms with van der Waals surface area (Å²) in [6, 6.07) is 5.65. The van der Waals surface area contributed by atoms with Crippen molar-refractivity contribution in [3.8, 4) is 17.4 Å². The largest absolute Gasteiger partial charge is 0.493 e. The summed E-state index contributed by atoms with van der Waals surface area (Å²) in [4.78, 5) is 18.2. The van der Waals surface area contributed by atoms with Gasteiger partial charge in [0.05, 0.1) is 18.1 Å². The fraction of sp³-hybridized carbons (Fsp3) is 0.167. The third-order valence-corrected chi connectivity index (χ3v) is 2.47. The monoisotopic (exact) mass is 276 g/mol. The second-order valence-corrected chi connectivity index (χ2v) is 3.69. The van der Waals surface area contributed by atoms with E-state index in [2.05, 4.69) is 15.3 Å². The fourth-order valence-corrected chi connectivity index (χ4v) is 1.50. The Balaban J connectivity index is 2.35. The second kappa shape index (κ2) is 5.83. The number of methoxy groups -OCH3 is 1. The molecule has 2 rings (SSSR count). The maximum absolute atomic E-state index is 10.8. The first kappa shape index (κ1) is 13.5. The van der Waals surface area contributed by atoms with Crippen LogP contribution < -0.4 is 14.8 Å². The number of nitro groups is 1. The van der Waals surface area contributed by atoms with Gasteiger partial charge in [-0.3, -0.25) is 10.1 Å². The van der Waals surface area contributed by atoms with Gasteiger partial charge < -0.3 is 14.8 Å². The summed E-state index contributed by atoms with van der Waals surface area (Å²) in [5.74, 6) is 1.41. The number of nitrogens with zero attached hydrogens (tertiary/aromatic N) is 3. The van der Waals surface area contributed by atoms with Crippen LogP contribution in [0.1, 0.15) is 0 Å². The SMILES string of the molecule is CNc1cc(Oc2cc([N+](=O)[O-])ccc2OC)ncn1. The van der Waals surface area contributed by atoms with Crippen molar-refractivity contribution in [2.45, 2.75) is 0 Å². The Labute approximate surface area is 114 Å². The van der Waals surface area contributed by atoms with Crippen LogP contribution in [-0.4, -0.2) is 29.0 Å². The molecule has 0 amide bonds. The highest BCUT2D eigenvalue weighted by atomic mass is 16.6. The number of rotatable bonds is 5. The smallest absolute Gasteiger partial charge is 0.273 e. The molecule has 0 unspecified atom stereocenters. The maximum Gasteiger partial charge on any atom is 0.273 e. The van der Waals surface area contributed by atoms with Crippen molar-refractivity contribution in [3.63, 3.8) is 0 Å². The van der Waals surface area contributed by atoms with Crippen molar-refractivity contribution in [3.05, 3.63) is 40.7 Å². The molecule has 1 heterocycles. The molecule has 0 saturated heterocycles. The summed E-state index contributed by atoms with van der Waals surface area (Å²) < 4.78 is 10.6. The molecular weight excluding hydrogens is 264 g/mol. The first-order valence-electron chi connectivity index (χ1n) is 5.64. The van der Waals surface area contributed by atoms with Gasteiger partial charge in [0.1, 0.15) is 12.1 Å². The highest BCUT2D eigenvalue weighted by molar-refractivity contribution is 5.50. The van der Waals surface area contributed by atoms with Gasteiger partial charge in [-0.15, -0.1) is 0 Å². The number of non-ortho nitro benzene ring substituents is 1. The van der Waals surface area contributed by atoms with E-state index in [4.69, 9.17) is 9.47 Å². The quantitative estimate of drug-likeness (QED) is 0.660. The first-order chi connectivity index (χ1) is 9.63. The van der Waals surface area contributed by atoms with Crippen LogP contribution in [0.5, 0.6) is 17.4 Å². The highest BCUT2D eigenvalue weighted by Crippen LogP contribution is 2.34. The number of anilines is 1. The average molecular weight is 276 g/mol. The van der Waals surface area contributed by atoms with Crippen LogP contribution in [0.3, 0.4) is 0 Å². The lowest BCUT2D eigenvalue weighted by Gasteiger charge is -2.09. The standard InChI is InChI=1S/C12H12N4O4/c1-13-11-6-12(15-7-14-11)20-10-5-8(16(17)18)3-4-9(10)19-2/h3-7H,1-2H3,(H,13,14,15). The number of aromatic nitrogens is 2. The Morgan fingerprint density at radius 1 is 1.25 bits per heavy atom. The molecule has 1 aromatic carbocycles. The Hall–Kier alpha value is -2.90. The molecule has 0 bridgehead atoms. The molecule has 0 aliphatic heterocycles. The molecular formula is C12H12N4O4. The topological polar surface area (TPSA) is 99.4 Å². The van der Waals surface area contributed by atoms with Gasteiger partial charge in [0.25, 0.3) is 5.69 Å². The van der Waals surface area contributed by atoms with Crippen molar-refractivity contribution in [2.75, 3.05) is 19.5 Å². The van der Waals surface area contributed by atoms with E-state index in [1.54, 1.807) is 13.1 Å². The summed E-state index contributed by atoms with van der Waals surface area (Å²) in [5, 5.41) is 13.6. The van der Waals surface area contributed by atoms with Crippen LogP contribution >= 0.6 is 0 Å². The van der Waals surface area contributed by atoms with E-state index < -0.39 is 4.92 Å². The summed E-state index contributed by atoms with van der Waals surface area (Å²) in [6.07, 6.45) is 1.32. The lowest BCUT2D eigenvalue weighted by atomic mass is 10.3. The first-order valence-corrected chi connectivity index (χ1v) is 5.64. The number of nitro benzene ring substituents is 1. The molecule has 1 N–H and O–H groups in total. The Bertz CT molecular complexity index is 633. The lowest BCUT2D eigenvalue weighted by Crippen LogP contribution is -1.97. The van der Waals surface area contributed by atoms with Crippen LogP contribution in [0, 0.1) is 10.1 Å². The van der Waals surface area contributed by atoms with Gasteiger partial charge in [-0.05, 0) is 6.07 Å². The van der Waals surface area contributed by atoms with Crippen molar-refractivity contribution in [2.24, 2.45) is 0 Å². The van der Waals surface area contributed by atoms with Crippen molar-refractivity contribution in [1.82, 2.24) is 9.97 Å². The maximum atomic E-state index is 10.8. The predicted octanol–water partition coefficient (Wildman–Crippen LogP) is 2.23. The van der Waals surface area contributed by atoms with Crippen LogP contribution in [0.2, 0.25) is 0 Å². The molecule has 8 nitrogen and oxygen atoms in total. The van der Waals surface area contributed by atoms with Crippen molar-refractivity contribution in [1.29, 1.82) is 0 Å². The van der Waals surface area contributed by atoms with E-state index in [0.29, 0.717) is 11.6 Å². The van der Waals surface area contributed by atoms with Crippen molar-refractivity contribution < 1.29 is 14.4 Å². The number of benzene rings is 1. The summed E-state index contributed by atoms with van der Waals surface area (Å²) in [5.41, 5.74) is -0.0938. The zero-order chi connectivity index (χ0) is 14.5. The molecule has 8 heteroatoms. The molecule has 0 spiro atoms. The Morgan fingerprint density at radius 3 is 2.70 bits per heavy atom. The van der Waals surface area contributed by atoms with Crippen LogP contribution in [0.25, 0.3) is 0 Å². The molecule has 0 radical (unpaired) electrons. The molecule has 0 fully saturated rings. The van der Waals surface area contributed by atoms with Gasteiger partial charge >= 0.3 is 0 Å². The molecule has 0 aliphatic carbocycles. The normalized spacial score (nSPS) is 9.90. The number of hydrogen-bond donors (Lipinski definition) is 1. The van der Waals surface area contributed by atoms with E-state index in [0.717, 1.165) is 0 Å². The van der Waals surface area contributed by atoms with E-state index >= 15 is 0 Å².